The molecule has 3 N–H and O–H groups in total. The van der Waals surface area contributed by atoms with Crippen LogP contribution in [0.1, 0.15) is 22.3 Å². The Kier molecular flexibility index (Phi) is 8.03. The standard InChI is InChI=1S/C20H21BrN2O4/c1-27-17-9-3-14(4-10-17)13-18(20(26)22-11-2-12-24)23-19(25)15-5-7-16(21)8-6-15/h3-10,13,24H,2,11-12H2,1H3,(H,22,26)(H,23,25)/b18-13-. The number of ether oxygens (including phenoxy) is 1. The number of carbonyl (C=O) groups is 2. The fourth-order valence-corrected chi connectivity index (χ4v) is 2.46. The lowest BCUT2D eigenvalue weighted by Gasteiger charge is -2.11. The van der Waals surface area contributed by atoms with Crippen LogP contribution in [0.15, 0.2) is 58.7 Å². The summed E-state index contributed by atoms with van der Waals surface area (Å²) in [5, 5.41) is 14.2. The molecule has 0 spiro atoms. The molecule has 27 heavy (non-hydrogen) atoms. The first-order chi connectivity index (χ1) is 13.0. The number of benzene rings is 2. The normalized spacial score (nSPS) is 11.0. The zero-order valence-electron chi connectivity index (χ0n) is 14.9. The number of methoxy groups -OCH3 is 1. The number of carbonyl (C=O) groups excluding carboxylic acids is 2. The van der Waals surface area contributed by atoms with Crippen LogP contribution in [0.25, 0.3) is 6.08 Å². The van der Waals surface area contributed by atoms with Crippen molar-refractivity contribution in [3.63, 3.8) is 0 Å². The molecular weight excluding hydrogens is 412 g/mol. The molecule has 0 saturated heterocycles. The highest BCUT2D eigenvalue weighted by molar-refractivity contribution is 9.10. The van der Waals surface area contributed by atoms with Gasteiger partial charge in [-0.15, -0.1) is 0 Å². The number of aliphatic hydroxyl groups excluding tert-OH is 1. The van der Waals surface area contributed by atoms with E-state index < -0.39 is 5.91 Å². The van der Waals surface area contributed by atoms with Crippen LogP contribution in [0, 0.1) is 0 Å². The van der Waals surface area contributed by atoms with Crippen molar-refractivity contribution in [2.75, 3.05) is 20.3 Å². The summed E-state index contributed by atoms with van der Waals surface area (Å²) in [7, 11) is 1.57. The van der Waals surface area contributed by atoms with E-state index in [0.717, 1.165) is 10.0 Å². The van der Waals surface area contributed by atoms with Gasteiger partial charge in [0.15, 0.2) is 0 Å². The fourth-order valence-electron chi connectivity index (χ4n) is 2.20. The third kappa shape index (κ3) is 6.54. The van der Waals surface area contributed by atoms with E-state index in [-0.39, 0.29) is 18.2 Å². The summed E-state index contributed by atoms with van der Waals surface area (Å²) in [5.41, 5.74) is 1.28. The molecule has 2 aromatic carbocycles. The molecular formula is C20H21BrN2O4. The molecule has 0 bridgehead atoms. The lowest BCUT2D eigenvalue weighted by molar-refractivity contribution is -0.117. The molecule has 0 aromatic heterocycles. The van der Waals surface area contributed by atoms with Gasteiger partial charge in [-0.1, -0.05) is 28.1 Å². The van der Waals surface area contributed by atoms with Gasteiger partial charge in [0.25, 0.3) is 11.8 Å². The summed E-state index contributed by atoms with van der Waals surface area (Å²) in [6.45, 7) is 0.284. The molecule has 2 amide bonds. The Bertz CT molecular complexity index is 802. The number of hydrogen-bond donors (Lipinski definition) is 3. The predicted molar refractivity (Wildman–Crippen MR) is 107 cm³/mol. The molecule has 0 unspecified atom stereocenters. The summed E-state index contributed by atoms with van der Waals surface area (Å²) in [6, 6.07) is 13.9. The number of rotatable bonds is 8. The topological polar surface area (TPSA) is 87.7 Å². The van der Waals surface area contributed by atoms with Crippen LogP contribution in [0.3, 0.4) is 0 Å². The molecule has 142 valence electrons. The van der Waals surface area contributed by atoms with Crippen molar-refractivity contribution in [3.05, 3.63) is 69.8 Å². The molecule has 0 heterocycles. The minimum absolute atomic E-state index is 0.0247. The van der Waals surface area contributed by atoms with Crippen LogP contribution in [0.5, 0.6) is 5.75 Å². The third-order valence-corrected chi connectivity index (χ3v) is 4.18. The van der Waals surface area contributed by atoms with E-state index in [4.69, 9.17) is 9.84 Å². The Balaban J connectivity index is 2.22. The summed E-state index contributed by atoms with van der Waals surface area (Å²) >= 11 is 3.32. The van der Waals surface area contributed by atoms with Crippen LogP contribution in [0.4, 0.5) is 0 Å². The number of hydrogen-bond acceptors (Lipinski definition) is 4. The Morgan fingerprint density at radius 3 is 2.37 bits per heavy atom. The van der Waals surface area contributed by atoms with Crippen molar-refractivity contribution in [2.24, 2.45) is 0 Å². The molecule has 6 nitrogen and oxygen atoms in total. The van der Waals surface area contributed by atoms with E-state index in [1.54, 1.807) is 61.7 Å². The fraction of sp³-hybridized carbons (Fsp3) is 0.200. The van der Waals surface area contributed by atoms with Gasteiger partial charge < -0.3 is 20.5 Å². The summed E-state index contributed by atoms with van der Waals surface area (Å²) in [4.78, 5) is 24.9. The van der Waals surface area contributed by atoms with E-state index in [1.165, 1.54) is 0 Å². The molecule has 0 aliphatic carbocycles. The minimum Gasteiger partial charge on any atom is -0.497 e. The van der Waals surface area contributed by atoms with Crippen LogP contribution in [-0.4, -0.2) is 37.2 Å². The minimum atomic E-state index is -0.426. The first-order valence-electron chi connectivity index (χ1n) is 8.35. The van der Waals surface area contributed by atoms with Gasteiger partial charge in [-0.05, 0) is 54.5 Å². The average Bonchev–Trinajstić information content (AvgIpc) is 2.68. The summed E-state index contributed by atoms with van der Waals surface area (Å²) < 4.78 is 5.98. The van der Waals surface area contributed by atoms with Gasteiger partial charge in [0.05, 0.1) is 7.11 Å². The number of nitrogens with one attached hydrogen (secondary N) is 2. The monoisotopic (exact) mass is 432 g/mol. The maximum atomic E-state index is 12.5. The lowest BCUT2D eigenvalue weighted by atomic mass is 10.1. The molecule has 0 radical (unpaired) electrons. The average molecular weight is 433 g/mol. The lowest BCUT2D eigenvalue weighted by Crippen LogP contribution is -2.35. The van der Waals surface area contributed by atoms with E-state index in [1.807, 2.05) is 0 Å². The summed E-state index contributed by atoms with van der Waals surface area (Å²) in [6.07, 6.45) is 2.02. The summed E-state index contributed by atoms with van der Waals surface area (Å²) in [5.74, 6) is -0.121. The highest BCUT2D eigenvalue weighted by Gasteiger charge is 2.14. The molecule has 0 atom stereocenters. The second kappa shape index (κ2) is 10.5. The molecule has 2 aromatic rings. The number of aliphatic hydroxyl groups is 1. The molecule has 0 aliphatic heterocycles. The van der Waals surface area contributed by atoms with Gasteiger partial charge in [0, 0.05) is 23.2 Å². The quantitative estimate of drug-likeness (QED) is 0.442. The second-order valence-corrected chi connectivity index (χ2v) is 6.54. The van der Waals surface area contributed by atoms with Crippen LogP contribution >= 0.6 is 15.9 Å². The molecule has 0 aliphatic rings. The Morgan fingerprint density at radius 2 is 1.78 bits per heavy atom. The van der Waals surface area contributed by atoms with Crippen molar-refractivity contribution in [1.82, 2.24) is 10.6 Å². The molecule has 0 saturated carbocycles. The van der Waals surface area contributed by atoms with Crippen molar-refractivity contribution >= 4 is 33.8 Å². The largest absolute Gasteiger partial charge is 0.497 e. The van der Waals surface area contributed by atoms with Gasteiger partial charge in [-0.2, -0.15) is 0 Å². The molecule has 7 heteroatoms. The van der Waals surface area contributed by atoms with Crippen LogP contribution in [-0.2, 0) is 4.79 Å². The van der Waals surface area contributed by atoms with E-state index >= 15 is 0 Å². The first kappa shape index (κ1) is 20.7. The van der Waals surface area contributed by atoms with Gasteiger partial charge in [0.1, 0.15) is 11.4 Å². The van der Waals surface area contributed by atoms with E-state index in [9.17, 15) is 9.59 Å². The van der Waals surface area contributed by atoms with Crippen molar-refractivity contribution in [2.45, 2.75) is 6.42 Å². The Labute approximate surface area is 166 Å². The van der Waals surface area contributed by atoms with Crippen molar-refractivity contribution < 1.29 is 19.4 Å². The van der Waals surface area contributed by atoms with E-state index in [0.29, 0.717) is 24.3 Å². The van der Waals surface area contributed by atoms with Gasteiger partial charge in [0.2, 0.25) is 0 Å². The second-order valence-electron chi connectivity index (χ2n) is 5.63. The smallest absolute Gasteiger partial charge is 0.267 e. The van der Waals surface area contributed by atoms with Gasteiger partial charge in [-0.25, -0.2) is 0 Å². The number of halogens is 1. The van der Waals surface area contributed by atoms with Crippen molar-refractivity contribution in [1.29, 1.82) is 0 Å². The van der Waals surface area contributed by atoms with Gasteiger partial charge in [-0.3, -0.25) is 9.59 Å². The van der Waals surface area contributed by atoms with Crippen LogP contribution in [0.2, 0.25) is 0 Å². The SMILES string of the molecule is COc1ccc(/C=C(\NC(=O)c2ccc(Br)cc2)C(=O)NCCCO)cc1. The Morgan fingerprint density at radius 1 is 1.11 bits per heavy atom. The maximum Gasteiger partial charge on any atom is 0.267 e. The molecule has 0 fully saturated rings. The molecule has 2 rings (SSSR count). The zero-order valence-corrected chi connectivity index (χ0v) is 16.5. The Hall–Kier alpha value is -2.64. The van der Waals surface area contributed by atoms with Gasteiger partial charge >= 0.3 is 0 Å². The zero-order chi connectivity index (χ0) is 19.6. The maximum absolute atomic E-state index is 12.5. The highest BCUT2D eigenvalue weighted by atomic mass is 79.9. The first-order valence-corrected chi connectivity index (χ1v) is 9.14. The van der Waals surface area contributed by atoms with E-state index in [2.05, 4.69) is 26.6 Å². The third-order valence-electron chi connectivity index (χ3n) is 3.65. The number of amides is 2. The highest BCUT2D eigenvalue weighted by Crippen LogP contribution is 2.14. The predicted octanol–water partition coefficient (Wildman–Crippen LogP) is 2.73. The van der Waals surface area contributed by atoms with Crippen LogP contribution < -0.4 is 15.4 Å². The van der Waals surface area contributed by atoms with Crippen molar-refractivity contribution in [3.8, 4) is 5.75 Å².